The van der Waals surface area contributed by atoms with Crippen molar-refractivity contribution < 1.29 is 8.42 Å². The number of hydrogen-bond acceptors (Lipinski definition) is 8. The molecule has 1 saturated heterocycles. The van der Waals surface area contributed by atoms with E-state index in [1.807, 2.05) is 16.8 Å². The highest BCUT2D eigenvalue weighted by Gasteiger charge is 2.24. The average Bonchev–Trinajstić information content (AvgIpc) is 3.29. The molecule has 0 saturated carbocycles. The fourth-order valence-corrected chi connectivity index (χ4v) is 5.66. The zero-order chi connectivity index (χ0) is 25.4. The monoisotopic (exact) mass is 505 g/mol. The molecule has 2 aromatic heterocycles. The molecule has 0 unspecified atom stereocenters. The summed E-state index contributed by atoms with van der Waals surface area (Å²) in [5.41, 5.74) is 9.98. The molecule has 4 aromatic rings. The van der Waals surface area contributed by atoms with Gasteiger partial charge in [-0.3, -0.25) is 0 Å². The Morgan fingerprint density at radius 1 is 0.917 bits per heavy atom. The van der Waals surface area contributed by atoms with E-state index in [1.54, 1.807) is 38.1 Å². The first-order chi connectivity index (χ1) is 17.2. The number of para-hydroxylation sites is 1. The van der Waals surface area contributed by atoms with Gasteiger partial charge in [0.25, 0.3) is 0 Å². The van der Waals surface area contributed by atoms with Gasteiger partial charge in [-0.15, -0.1) is 0 Å². The van der Waals surface area contributed by atoms with E-state index in [2.05, 4.69) is 56.4 Å². The number of anilines is 4. The predicted molar refractivity (Wildman–Crippen MR) is 145 cm³/mol. The summed E-state index contributed by atoms with van der Waals surface area (Å²) < 4.78 is 28.0. The largest absolute Gasteiger partial charge is 0.369 e. The first-order valence-corrected chi connectivity index (χ1v) is 13.6. The van der Waals surface area contributed by atoms with Crippen molar-refractivity contribution in [2.75, 3.05) is 49.2 Å². The zero-order valence-corrected chi connectivity index (χ0v) is 21.5. The number of nitrogens with one attached hydrogen (secondary N) is 1. The first kappa shape index (κ1) is 24.1. The number of rotatable bonds is 6. The van der Waals surface area contributed by atoms with Crippen molar-refractivity contribution in [3.8, 4) is 5.69 Å². The maximum Gasteiger partial charge on any atom is 0.222 e. The zero-order valence-electron chi connectivity index (χ0n) is 20.7. The minimum absolute atomic E-state index is 0.109. The molecule has 36 heavy (non-hydrogen) atoms. The summed E-state index contributed by atoms with van der Waals surface area (Å²) in [5.74, 6) is 0.550. The van der Waals surface area contributed by atoms with Gasteiger partial charge in [-0.25, -0.2) is 13.4 Å². The topological polar surface area (TPSA) is 109 Å². The summed E-state index contributed by atoms with van der Waals surface area (Å²) >= 11 is 0. The lowest BCUT2D eigenvalue weighted by Gasteiger charge is -2.34. The molecule has 0 aliphatic carbocycles. The molecule has 3 N–H and O–H groups in total. The molecular formula is C26H31N7O2S. The number of piperazine rings is 1. The van der Waals surface area contributed by atoms with E-state index in [1.165, 1.54) is 5.69 Å². The maximum absolute atomic E-state index is 13.0. The molecular weight excluding hydrogens is 474 g/mol. The van der Waals surface area contributed by atoms with Crippen LogP contribution in [-0.2, 0) is 9.84 Å². The molecule has 0 amide bonds. The van der Waals surface area contributed by atoms with Crippen LogP contribution in [0.5, 0.6) is 0 Å². The van der Waals surface area contributed by atoms with Crippen LogP contribution in [0.1, 0.15) is 13.8 Å². The lowest BCUT2D eigenvalue weighted by atomic mass is 10.2. The van der Waals surface area contributed by atoms with Crippen molar-refractivity contribution in [3.05, 3.63) is 60.8 Å². The second kappa shape index (κ2) is 9.44. The van der Waals surface area contributed by atoms with Gasteiger partial charge >= 0.3 is 0 Å². The second-order valence-electron chi connectivity index (χ2n) is 9.37. The number of benzene rings is 2. The molecule has 188 valence electrons. The first-order valence-electron chi connectivity index (χ1n) is 12.0. The fourth-order valence-electron chi connectivity index (χ4n) is 4.45. The molecule has 1 fully saturated rings. The molecule has 5 rings (SSSR count). The van der Waals surface area contributed by atoms with Gasteiger partial charge in [-0.2, -0.15) is 4.98 Å². The van der Waals surface area contributed by atoms with Gasteiger partial charge in [-0.1, -0.05) is 12.1 Å². The molecule has 9 nitrogen and oxygen atoms in total. The van der Waals surface area contributed by atoms with Crippen LogP contribution in [-0.4, -0.2) is 66.3 Å². The lowest BCUT2D eigenvalue weighted by Crippen LogP contribution is -2.44. The highest BCUT2D eigenvalue weighted by Crippen LogP contribution is 2.32. The molecule has 1 aliphatic heterocycles. The quantitative estimate of drug-likeness (QED) is 0.408. The normalized spacial score (nSPS) is 15.1. The smallest absolute Gasteiger partial charge is 0.222 e. The number of nitrogens with zero attached hydrogens (tertiary/aromatic N) is 5. The van der Waals surface area contributed by atoms with Crippen LogP contribution in [0, 0.1) is 0 Å². The summed E-state index contributed by atoms with van der Waals surface area (Å²) in [6.07, 6.45) is 1.92. The van der Waals surface area contributed by atoms with Crippen LogP contribution >= 0.6 is 0 Å². The fraction of sp³-hybridized carbons (Fsp3) is 0.308. The van der Waals surface area contributed by atoms with E-state index >= 15 is 0 Å². The molecule has 3 heterocycles. The third-order valence-electron chi connectivity index (χ3n) is 6.61. The van der Waals surface area contributed by atoms with Gasteiger partial charge in [0, 0.05) is 43.8 Å². The summed E-state index contributed by atoms with van der Waals surface area (Å²) in [6, 6.07) is 17.1. The van der Waals surface area contributed by atoms with Gasteiger partial charge in [0.05, 0.1) is 21.3 Å². The Morgan fingerprint density at radius 2 is 1.58 bits per heavy atom. The molecule has 10 heteroatoms. The predicted octanol–water partition coefficient (Wildman–Crippen LogP) is 3.68. The number of fused-ring (bicyclic) bond motifs is 1. The van der Waals surface area contributed by atoms with Gasteiger partial charge < -0.3 is 25.4 Å². The highest BCUT2D eigenvalue weighted by atomic mass is 32.2. The molecule has 2 aromatic carbocycles. The van der Waals surface area contributed by atoms with Gasteiger partial charge in [0.1, 0.15) is 5.52 Å². The Hall–Kier alpha value is -3.63. The van der Waals surface area contributed by atoms with E-state index in [0.29, 0.717) is 22.5 Å². The summed E-state index contributed by atoms with van der Waals surface area (Å²) in [6.45, 7) is 7.44. The summed E-state index contributed by atoms with van der Waals surface area (Å²) in [5, 5.41) is 2.68. The van der Waals surface area contributed by atoms with E-state index in [-0.39, 0.29) is 10.8 Å². The number of sulfone groups is 1. The minimum atomic E-state index is -3.51. The Morgan fingerprint density at radius 3 is 2.28 bits per heavy atom. The van der Waals surface area contributed by atoms with Crippen LogP contribution in [0.15, 0.2) is 65.7 Å². The standard InChI is InChI=1S/C26H31N7O2S/c1-18(2)36(34,35)23-7-5-4-6-21(23)28-25-24-22(29-26(27)30-25)12-13-33(24)20-10-8-19(9-11-20)32-16-14-31(3)15-17-32/h4-13,18H,14-17H2,1-3H3,(H3,27,28,29,30). The third-order valence-corrected chi connectivity index (χ3v) is 8.82. The van der Waals surface area contributed by atoms with Crippen molar-refractivity contribution in [3.63, 3.8) is 0 Å². The van der Waals surface area contributed by atoms with Gasteiger partial charge in [0.2, 0.25) is 5.95 Å². The van der Waals surface area contributed by atoms with E-state index in [9.17, 15) is 8.42 Å². The molecule has 0 spiro atoms. The van der Waals surface area contributed by atoms with Crippen molar-refractivity contribution >= 4 is 44.0 Å². The van der Waals surface area contributed by atoms with Crippen LogP contribution < -0.4 is 16.0 Å². The minimum Gasteiger partial charge on any atom is -0.369 e. The highest BCUT2D eigenvalue weighted by molar-refractivity contribution is 7.92. The molecule has 0 bridgehead atoms. The van der Waals surface area contributed by atoms with Gasteiger partial charge in [0.15, 0.2) is 15.7 Å². The summed E-state index contributed by atoms with van der Waals surface area (Å²) in [7, 11) is -1.36. The Kier molecular flexibility index (Phi) is 6.31. The molecule has 0 atom stereocenters. The van der Waals surface area contributed by atoms with Gasteiger partial charge in [-0.05, 0) is 63.4 Å². The number of aromatic nitrogens is 3. The number of likely N-dealkylation sites (N-methyl/N-ethyl adjacent to an activating group) is 1. The third kappa shape index (κ3) is 4.49. The van der Waals surface area contributed by atoms with Crippen molar-refractivity contribution in [2.45, 2.75) is 24.0 Å². The van der Waals surface area contributed by atoms with Crippen molar-refractivity contribution in [1.82, 2.24) is 19.4 Å². The maximum atomic E-state index is 13.0. The Bertz CT molecular complexity index is 1490. The van der Waals surface area contributed by atoms with Crippen LogP contribution in [0.2, 0.25) is 0 Å². The Labute approximate surface area is 211 Å². The van der Waals surface area contributed by atoms with Crippen molar-refractivity contribution in [1.29, 1.82) is 0 Å². The summed E-state index contributed by atoms with van der Waals surface area (Å²) in [4.78, 5) is 13.8. The lowest BCUT2D eigenvalue weighted by molar-refractivity contribution is 0.313. The Balaban J connectivity index is 1.54. The van der Waals surface area contributed by atoms with E-state index in [0.717, 1.165) is 31.9 Å². The average molecular weight is 506 g/mol. The van der Waals surface area contributed by atoms with Crippen molar-refractivity contribution in [2.24, 2.45) is 0 Å². The van der Waals surface area contributed by atoms with Crippen LogP contribution in [0.25, 0.3) is 16.7 Å². The number of nitrogens with two attached hydrogens (primary N) is 1. The second-order valence-corrected chi connectivity index (χ2v) is 11.8. The SMILES string of the molecule is CC(C)S(=O)(=O)c1ccccc1Nc1nc(N)nc2ccn(-c3ccc(N4CCN(C)CC4)cc3)c12. The van der Waals surface area contributed by atoms with Crippen LogP contribution in [0.4, 0.5) is 23.1 Å². The number of hydrogen-bond donors (Lipinski definition) is 2. The number of nitrogen functional groups attached to an aromatic ring is 1. The van der Waals surface area contributed by atoms with E-state index in [4.69, 9.17) is 5.73 Å². The molecule has 0 radical (unpaired) electrons. The van der Waals surface area contributed by atoms with E-state index < -0.39 is 15.1 Å². The molecule has 1 aliphatic rings. The van der Waals surface area contributed by atoms with Crippen LogP contribution in [0.3, 0.4) is 0 Å².